The molecule has 2 aromatic rings. The van der Waals surface area contributed by atoms with Crippen molar-refractivity contribution in [2.24, 2.45) is 4.99 Å². The largest absolute Gasteiger partial charge is 0.396 e. The number of nitrogens with one attached hydrogen (secondary N) is 2. The fraction of sp³-hybridized carbons (Fsp3) is 0.435. The van der Waals surface area contributed by atoms with Crippen LogP contribution >= 0.6 is 0 Å². The van der Waals surface area contributed by atoms with E-state index in [2.05, 4.69) is 15.6 Å². The van der Waals surface area contributed by atoms with E-state index in [0.29, 0.717) is 37.0 Å². The fourth-order valence-electron chi connectivity index (χ4n) is 3.67. The molecule has 1 heterocycles. The minimum absolute atomic E-state index is 0.0287. The minimum Gasteiger partial charge on any atom is -0.396 e. The molecule has 31 heavy (non-hydrogen) atoms. The molecule has 1 saturated heterocycles. The minimum atomic E-state index is -3.41. The summed E-state index contributed by atoms with van der Waals surface area (Å²) in [6.45, 7) is 2.31. The highest BCUT2D eigenvalue weighted by Gasteiger charge is 2.25. The van der Waals surface area contributed by atoms with Crippen LogP contribution in [0, 0.1) is 0 Å². The zero-order valence-corrected chi connectivity index (χ0v) is 18.8. The van der Waals surface area contributed by atoms with Gasteiger partial charge in [0.1, 0.15) is 0 Å². The van der Waals surface area contributed by atoms with Gasteiger partial charge in [0.2, 0.25) is 10.0 Å². The van der Waals surface area contributed by atoms with Gasteiger partial charge in [-0.3, -0.25) is 4.99 Å². The number of sulfonamides is 1. The molecule has 0 amide bonds. The number of benzene rings is 2. The van der Waals surface area contributed by atoms with Crippen molar-refractivity contribution in [3.63, 3.8) is 0 Å². The molecule has 0 spiro atoms. The second-order valence-electron chi connectivity index (χ2n) is 7.71. The Morgan fingerprint density at radius 3 is 2.32 bits per heavy atom. The zero-order chi connectivity index (χ0) is 22.1. The number of aliphatic hydroxyl groups is 1. The fourth-order valence-corrected chi connectivity index (χ4v) is 5.19. The third-order valence-corrected chi connectivity index (χ3v) is 7.48. The molecule has 0 radical (unpaired) electrons. The maximum atomic E-state index is 12.8. The van der Waals surface area contributed by atoms with Crippen molar-refractivity contribution < 1.29 is 13.5 Å². The topological polar surface area (TPSA) is 94.0 Å². The van der Waals surface area contributed by atoms with Crippen LogP contribution in [0.2, 0.25) is 0 Å². The van der Waals surface area contributed by atoms with Crippen molar-refractivity contribution in [3.8, 4) is 0 Å². The molecule has 3 rings (SSSR count). The smallest absolute Gasteiger partial charge is 0.243 e. The molecule has 3 N–H and O–H groups in total. The molecule has 7 nitrogen and oxygen atoms in total. The standard InChI is InChI=1S/C23H32N4O3S/c1-24-23(26-17-21(18-28)20-8-4-2-5-9-20)25-16-19-10-12-22(13-11-19)31(29,30)27-14-6-3-7-15-27/h2,4-5,8-13,21,28H,3,6-7,14-18H2,1H3,(H2,24,25,26). The van der Waals surface area contributed by atoms with Crippen LogP contribution in [-0.2, 0) is 16.6 Å². The van der Waals surface area contributed by atoms with Gasteiger partial charge in [0.05, 0.1) is 11.5 Å². The highest BCUT2D eigenvalue weighted by atomic mass is 32.2. The molecule has 0 aromatic heterocycles. The van der Waals surface area contributed by atoms with Crippen molar-refractivity contribution in [1.29, 1.82) is 0 Å². The monoisotopic (exact) mass is 444 g/mol. The maximum Gasteiger partial charge on any atom is 0.243 e. The first kappa shape index (κ1) is 23.2. The molecule has 0 bridgehead atoms. The zero-order valence-electron chi connectivity index (χ0n) is 18.0. The molecule has 2 aromatic carbocycles. The van der Waals surface area contributed by atoms with E-state index in [9.17, 15) is 13.5 Å². The lowest BCUT2D eigenvalue weighted by Gasteiger charge is -2.25. The lowest BCUT2D eigenvalue weighted by molar-refractivity contribution is 0.265. The summed E-state index contributed by atoms with van der Waals surface area (Å²) in [4.78, 5) is 4.57. The highest BCUT2D eigenvalue weighted by molar-refractivity contribution is 7.89. The Bertz CT molecular complexity index is 941. The number of hydrogen-bond donors (Lipinski definition) is 3. The van der Waals surface area contributed by atoms with Crippen LogP contribution in [0.15, 0.2) is 64.5 Å². The van der Waals surface area contributed by atoms with E-state index in [1.807, 2.05) is 42.5 Å². The van der Waals surface area contributed by atoms with Gasteiger partial charge in [-0.15, -0.1) is 0 Å². The number of guanidine groups is 1. The first-order valence-electron chi connectivity index (χ1n) is 10.7. The number of aliphatic imine (C=N–C) groups is 1. The van der Waals surface area contributed by atoms with Crippen LogP contribution in [0.1, 0.15) is 36.3 Å². The molecule has 168 valence electrons. The summed E-state index contributed by atoms with van der Waals surface area (Å²) >= 11 is 0. The summed E-state index contributed by atoms with van der Waals surface area (Å²) in [7, 11) is -1.71. The molecule has 8 heteroatoms. The van der Waals surface area contributed by atoms with E-state index in [-0.39, 0.29) is 12.5 Å². The number of aliphatic hydroxyl groups excluding tert-OH is 1. The number of nitrogens with zero attached hydrogens (tertiary/aromatic N) is 2. The van der Waals surface area contributed by atoms with E-state index in [1.54, 1.807) is 23.5 Å². The van der Waals surface area contributed by atoms with E-state index in [0.717, 1.165) is 30.4 Å². The number of piperidine rings is 1. The predicted molar refractivity (Wildman–Crippen MR) is 124 cm³/mol. The van der Waals surface area contributed by atoms with Crippen molar-refractivity contribution in [1.82, 2.24) is 14.9 Å². The molecule has 0 aliphatic carbocycles. The van der Waals surface area contributed by atoms with Crippen LogP contribution < -0.4 is 10.6 Å². The molecule has 1 aliphatic rings. The Labute approximate surface area is 185 Å². The molecule has 0 saturated carbocycles. The van der Waals surface area contributed by atoms with Crippen molar-refractivity contribution in [2.75, 3.05) is 33.3 Å². The van der Waals surface area contributed by atoms with Gasteiger partial charge >= 0.3 is 0 Å². The summed E-state index contributed by atoms with van der Waals surface area (Å²) in [6, 6.07) is 16.9. The van der Waals surface area contributed by atoms with Gasteiger partial charge in [0, 0.05) is 39.1 Å². The van der Waals surface area contributed by atoms with Gasteiger partial charge < -0.3 is 15.7 Å². The summed E-state index contributed by atoms with van der Waals surface area (Å²) in [6.07, 6.45) is 2.94. The summed E-state index contributed by atoms with van der Waals surface area (Å²) in [5, 5.41) is 16.2. The third kappa shape index (κ3) is 6.29. The lowest BCUT2D eigenvalue weighted by atomic mass is 10.0. The molecule has 1 atom stereocenters. The summed E-state index contributed by atoms with van der Waals surface area (Å²) in [5.41, 5.74) is 2.03. The number of hydrogen-bond acceptors (Lipinski definition) is 4. The first-order chi connectivity index (χ1) is 15.0. The maximum absolute atomic E-state index is 12.8. The van der Waals surface area contributed by atoms with Crippen molar-refractivity contribution >= 4 is 16.0 Å². The van der Waals surface area contributed by atoms with Gasteiger partial charge in [-0.1, -0.05) is 48.9 Å². The van der Waals surface area contributed by atoms with Crippen molar-refractivity contribution in [3.05, 3.63) is 65.7 Å². The Morgan fingerprint density at radius 1 is 1.03 bits per heavy atom. The van der Waals surface area contributed by atoms with E-state index < -0.39 is 10.0 Å². The first-order valence-corrected chi connectivity index (χ1v) is 12.2. The molecule has 1 unspecified atom stereocenters. The van der Waals surface area contributed by atoms with Gasteiger partial charge in [-0.2, -0.15) is 4.31 Å². The van der Waals surface area contributed by atoms with Crippen LogP contribution in [0.5, 0.6) is 0 Å². The van der Waals surface area contributed by atoms with Gasteiger partial charge in [-0.05, 0) is 36.1 Å². The van der Waals surface area contributed by atoms with Gasteiger partial charge in [0.25, 0.3) is 0 Å². The summed E-state index contributed by atoms with van der Waals surface area (Å²) < 4.78 is 27.1. The molecular formula is C23H32N4O3S. The highest BCUT2D eigenvalue weighted by Crippen LogP contribution is 2.21. The Kier molecular flexibility index (Phi) is 8.45. The molecule has 1 aliphatic heterocycles. The SMILES string of the molecule is CN=C(NCc1ccc(S(=O)(=O)N2CCCCC2)cc1)NCC(CO)c1ccccc1. The van der Waals surface area contributed by atoms with E-state index >= 15 is 0 Å². The van der Waals surface area contributed by atoms with Crippen molar-refractivity contribution in [2.45, 2.75) is 36.6 Å². The average molecular weight is 445 g/mol. The van der Waals surface area contributed by atoms with Crippen LogP contribution in [0.25, 0.3) is 0 Å². The van der Waals surface area contributed by atoms with Crippen LogP contribution in [0.4, 0.5) is 0 Å². The van der Waals surface area contributed by atoms with E-state index in [4.69, 9.17) is 0 Å². The van der Waals surface area contributed by atoms with Crippen LogP contribution in [0.3, 0.4) is 0 Å². The number of rotatable bonds is 8. The second kappa shape index (κ2) is 11.3. The lowest BCUT2D eigenvalue weighted by Crippen LogP contribution is -2.39. The quantitative estimate of drug-likeness (QED) is 0.429. The van der Waals surface area contributed by atoms with E-state index in [1.165, 1.54) is 0 Å². The normalized spacial score (nSPS) is 16.6. The van der Waals surface area contributed by atoms with Gasteiger partial charge in [0.15, 0.2) is 5.96 Å². The molecular weight excluding hydrogens is 412 g/mol. The summed E-state index contributed by atoms with van der Waals surface area (Å²) in [5.74, 6) is 0.596. The Hall–Kier alpha value is -2.42. The average Bonchev–Trinajstić information content (AvgIpc) is 2.83. The predicted octanol–water partition coefficient (Wildman–Crippen LogP) is 2.30. The Balaban J connectivity index is 1.53. The molecule has 1 fully saturated rings. The van der Waals surface area contributed by atoms with Gasteiger partial charge in [-0.25, -0.2) is 8.42 Å². The van der Waals surface area contributed by atoms with Crippen LogP contribution in [-0.4, -0.2) is 57.1 Å². The Morgan fingerprint density at radius 2 is 1.71 bits per heavy atom. The third-order valence-electron chi connectivity index (χ3n) is 5.57. The second-order valence-corrected chi connectivity index (χ2v) is 9.64.